The van der Waals surface area contributed by atoms with Gasteiger partial charge in [0.1, 0.15) is 17.6 Å². The van der Waals surface area contributed by atoms with Gasteiger partial charge in [0, 0.05) is 34.5 Å². The maximum absolute atomic E-state index is 11.4. The summed E-state index contributed by atoms with van der Waals surface area (Å²) < 4.78 is 7.42. The Labute approximate surface area is 217 Å². The number of thiocarbonyl (C=S) groups is 1. The maximum Gasteiger partial charge on any atom is 0.221 e. The fourth-order valence-electron chi connectivity index (χ4n) is 4.31. The lowest BCUT2D eigenvalue weighted by Crippen LogP contribution is -2.29. The van der Waals surface area contributed by atoms with Crippen LogP contribution < -0.4 is 15.5 Å². The van der Waals surface area contributed by atoms with Gasteiger partial charge in [0.2, 0.25) is 5.91 Å². The van der Waals surface area contributed by atoms with E-state index in [1.807, 2.05) is 65.6 Å². The van der Waals surface area contributed by atoms with Crippen molar-refractivity contribution in [2.75, 3.05) is 10.2 Å². The van der Waals surface area contributed by atoms with Gasteiger partial charge >= 0.3 is 0 Å². The number of pyridine rings is 1. The first kappa shape index (κ1) is 23.3. The van der Waals surface area contributed by atoms with Crippen LogP contribution in [0.4, 0.5) is 11.4 Å². The van der Waals surface area contributed by atoms with E-state index in [4.69, 9.17) is 16.6 Å². The van der Waals surface area contributed by atoms with Crippen molar-refractivity contribution in [3.05, 3.63) is 100 Å². The molecule has 1 aliphatic heterocycles. The number of aryl methyl sites for hydroxylation is 1. The Morgan fingerprint density at radius 1 is 1.11 bits per heavy atom. The first-order chi connectivity index (χ1) is 16.9. The first-order valence-corrected chi connectivity index (χ1v) is 12.4. The summed E-state index contributed by atoms with van der Waals surface area (Å²) in [7, 11) is 0. The van der Waals surface area contributed by atoms with E-state index in [0.717, 1.165) is 38.6 Å². The number of anilines is 2. The number of aromatic nitrogens is 1. The number of furan rings is 1. The molecule has 0 radical (unpaired) electrons. The highest BCUT2D eigenvalue weighted by Gasteiger charge is 2.42. The molecule has 5 rings (SSSR count). The smallest absolute Gasteiger partial charge is 0.221 e. The predicted octanol–water partition coefficient (Wildman–Crippen LogP) is 6.55. The molecular weight excluding hydrogens is 524 g/mol. The highest BCUT2D eigenvalue weighted by Crippen LogP contribution is 2.43. The molecule has 2 N–H and O–H groups in total. The maximum atomic E-state index is 11.4. The molecule has 1 saturated heterocycles. The highest BCUT2D eigenvalue weighted by molar-refractivity contribution is 9.10. The molecule has 2 aromatic carbocycles. The molecular formula is C27H23BrN4O2S. The third-order valence-electron chi connectivity index (χ3n) is 5.87. The number of hydrogen-bond donors (Lipinski definition) is 2. The summed E-state index contributed by atoms with van der Waals surface area (Å²) in [6, 6.07) is 23.1. The van der Waals surface area contributed by atoms with Crippen molar-refractivity contribution in [1.29, 1.82) is 0 Å². The standard InChI is InChI=1S/C27H23BrN4O2S/c1-16-6-11-20(21(28)15-16)23-12-13-24(34-23)26-25(22-5-3-4-14-29-22)31-27(35)32(26)19-9-7-18(8-10-19)30-17(2)33/h3-15,25-26H,1-2H3,(H,30,33)(H,31,35)/t25-,26-/m1/s1. The number of hydrogen-bond acceptors (Lipinski definition) is 4. The lowest BCUT2D eigenvalue weighted by Gasteiger charge is -2.26. The number of benzene rings is 2. The summed E-state index contributed by atoms with van der Waals surface area (Å²) in [6.45, 7) is 3.54. The van der Waals surface area contributed by atoms with Crippen molar-refractivity contribution < 1.29 is 9.21 Å². The van der Waals surface area contributed by atoms with E-state index in [-0.39, 0.29) is 18.0 Å². The summed E-state index contributed by atoms with van der Waals surface area (Å²) in [5, 5.41) is 6.82. The molecule has 0 saturated carbocycles. The number of carbonyl (C=O) groups is 1. The minimum Gasteiger partial charge on any atom is -0.459 e. The van der Waals surface area contributed by atoms with Crippen LogP contribution in [0, 0.1) is 6.92 Å². The fourth-order valence-corrected chi connectivity index (χ4v) is 5.34. The Balaban J connectivity index is 1.56. The van der Waals surface area contributed by atoms with Gasteiger partial charge in [0.15, 0.2) is 5.11 Å². The second-order valence-electron chi connectivity index (χ2n) is 8.41. The molecule has 8 heteroatoms. The number of amides is 1. The second-order valence-corrected chi connectivity index (χ2v) is 9.65. The van der Waals surface area contributed by atoms with Crippen molar-refractivity contribution in [2.24, 2.45) is 0 Å². The first-order valence-electron chi connectivity index (χ1n) is 11.2. The van der Waals surface area contributed by atoms with Gasteiger partial charge in [-0.3, -0.25) is 9.78 Å². The largest absolute Gasteiger partial charge is 0.459 e. The van der Waals surface area contributed by atoms with Crippen molar-refractivity contribution in [3.63, 3.8) is 0 Å². The number of nitrogens with zero attached hydrogens (tertiary/aromatic N) is 2. The minimum atomic E-state index is -0.262. The fraction of sp³-hybridized carbons (Fsp3) is 0.148. The molecule has 6 nitrogen and oxygen atoms in total. The Morgan fingerprint density at radius 2 is 1.91 bits per heavy atom. The molecule has 176 valence electrons. The predicted molar refractivity (Wildman–Crippen MR) is 145 cm³/mol. The van der Waals surface area contributed by atoms with Crippen molar-refractivity contribution in [2.45, 2.75) is 25.9 Å². The molecule has 1 aliphatic rings. The Morgan fingerprint density at radius 3 is 2.60 bits per heavy atom. The van der Waals surface area contributed by atoms with Crippen LogP contribution in [0.5, 0.6) is 0 Å². The molecule has 0 bridgehead atoms. The molecule has 35 heavy (non-hydrogen) atoms. The van der Waals surface area contributed by atoms with Crippen LogP contribution in [0.2, 0.25) is 0 Å². The number of nitrogens with one attached hydrogen (secondary N) is 2. The van der Waals surface area contributed by atoms with E-state index in [2.05, 4.69) is 50.6 Å². The summed E-state index contributed by atoms with van der Waals surface area (Å²) in [4.78, 5) is 18.1. The summed E-state index contributed by atoms with van der Waals surface area (Å²) in [5.41, 5.74) is 4.63. The van der Waals surface area contributed by atoms with Crippen LogP contribution >= 0.6 is 28.1 Å². The van der Waals surface area contributed by atoms with E-state index >= 15 is 0 Å². The molecule has 2 atom stereocenters. The zero-order valence-electron chi connectivity index (χ0n) is 19.2. The summed E-state index contributed by atoms with van der Waals surface area (Å²) >= 11 is 9.45. The monoisotopic (exact) mass is 546 g/mol. The van der Waals surface area contributed by atoms with Gasteiger partial charge in [-0.25, -0.2) is 0 Å². The molecule has 3 heterocycles. The van der Waals surface area contributed by atoms with Crippen molar-refractivity contribution in [1.82, 2.24) is 10.3 Å². The highest BCUT2D eigenvalue weighted by atomic mass is 79.9. The van der Waals surface area contributed by atoms with E-state index in [1.165, 1.54) is 12.5 Å². The van der Waals surface area contributed by atoms with Gasteiger partial charge in [-0.1, -0.05) is 28.1 Å². The average Bonchev–Trinajstić information content (AvgIpc) is 3.44. The van der Waals surface area contributed by atoms with Gasteiger partial charge < -0.3 is 20.0 Å². The van der Waals surface area contributed by atoms with Gasteiger partial charge in [0.05, 0.1) is 11.7 Å². The van der Waals surface area contributed by atoms with Gasteiger partial charge in [-0.2, -0.15) is 0 Å². The van der Waals surface area contributed by atoms with Crippen LogP contribution in [0.1, 0.15) is 36.0 Å². The van der Waals surface area contributed by atoms with Crippen molar-refractivity contribution in [3.8, 4) is 11.3 Å². The van der Waals surface area contributed by atoms with E-state index in [0.29, 0.717) is 5.11 Å². The van der Waals surface area contributed by atoms with Gasteiger partial charge in [-0.05, 0) is 85.4 Å². The van der Waals surface area contributed by atoms with Gasteiger partial charge in [0.25, 0.3) is 0 Å². The Kier molecular flexibility index (Phi) is 6.40. The minimum absolute atomic E-state index is 0.116. The second kappa shape index (κ2) is 9.64. The zero-order valence-corrected chi connectivity index (χ0v) is 21.6. The lowest BCUT2D eigenvalue weighted by atomic mass is 10.0. The molecule has 0 spiro atoms. The van der Waals surface area contributed by atoms with Crippen LogP contribution in [0.15, 0.2) is 87.9 Å². The SMILES string of the molecule is CC(=O)Nc1ccc(N2C(=S)N[C@H](c3ccccn3)[C@H]2c2ccc(-c3ccc(C)cc3Br)o2)cc1. The van der Waals surface area contributed by atoms with E-state index < -0.39 is 0 Å². The third-order valence-corrected chi connectivity index (χ3v) is 6.84. The number of halogens is 1. The molecule has 2 aromatic heterocycles. The Bertz CT molecular complexity index is 1390. The van der Waals surface area contributed by atoms with Gasteiger partial charge in [-0.15, -0.1) is 0 Å². The summed E-state index contributed by atoms with van der Waals surface area (Å²) in [6.07, 6.45) is 1.78. The van der Waals surface area contributed by atoms with E-state index in [9.17, 15) is 4.79 Å². The summed E-state index contributed by atoms with van der Waals surface area (Å²) in [5.74, 6) is 1.42. The lowest BCUT2D eigenvalue weighted by molar-refractivity contribution is -0.114. The van der Waals surface area contributed by atoms with Crippen LogP contribution in [-0.2, 0) is 4.79 Å². The quantitative estimate of drug-likeness (QED) is 0.276. The molecule has 0 aliphatic carbocycles. The molecule has 0 unspecified atom stereocenters. The van der Waals surface area contributed by atoms with Crippen LogP contribution in [0.3, 0.4) is 0 Å². The van der Waals surface area contributed by atoms with Crippen LogP contribution in [-0.4, -0.2) is 16.0 Å². The normalized spacial score (nSPS) is 17.3. The topological polar surface area (TPSA) is 70.4 Å². The molecule has 4 aromatic rings. The van der Waals surface area contributed by atoms with E-state index in [1.54, 1.807) is 6.20 Å². The average molecular weight is 547 g/mol. The Hall–Kier alpha value is -3.49. The zero-order chi connectivity index (χ0) is 24.5. The third kappa shape index (κ3) is 4.72. The van der Waals surface area contributed by atoms with Crippen LogP contribution in [0.25, 0.3) is 11.3 Å². The number of rotatable bonds is 5. The molecule has 1 amide bonds. The van der Waals surface area contributed by atoms with Crippen molar-refractivity contribution >= 4 is 50.5 Å². The number of carbonyl (C=O) groups excluding carboxylic acids is 1. The molecule has 1 fully saturated rings.